The predicted octanol–water partition coefficient (Wildman–Crippen LogP) is 3.12. The van der Waals surface area contributed by atoms with Crippen molar-refractivity contribution in [1.82, 2.24) is 9.78 Å². The van der Waals surface area contributed by atoms with Crippen molar-refractivity contribution in [1.29, 1.82) is 0 Å². The van der Waals surface area contributed by atoms with Gasteiger partial charge in [-0.1, -0.05) is 28.1 Å². The highest BCUT2D eigenvalue weighted by atomic mass is 79.9. The van der Waals surface area contributed by atoms with E-state index in [1.807, 2.05) is 36.1 Å². The van der Waals surface area contributed by atoms with E-state index >= 15 is 0 Å². The Morgan fingerprint density at radius 3 is 2.83 bits per heavy atom. The minimum absolute atomic E-state index is 0.0670. The summed E-state index contributed by atoms with van der Waals surface area (Å²) in [5.74, 6) is 0. The Morgan fingerprint density at radius 1 is 1.39 bits per heavy atom. The highest BCUT2D eigenvalue weighted by molar-refractivity contribution is 9.10. The lowest BCUT2D eigenvalue weighted by Gasteiger charge is -2.15. The van der Waals surface area contributed by atoms with Crippen LogP contribution in [0.15, 0.2) is 34.9 Å². The summed E-state index contributed by atoms with van der Waals surface area (Å²) in [7, 11) is 1.96. The lowest BCUT2D eigenvalue weighted by atomic mass is 9.98. The molecule has 0 aliphatic carbocycles. The molecule has 18 heavy (non-hydrogen) atoms. The van der Waals surface area contributed by atoms with Crippen molar-refractivity contribution in [3.05, 3.63) is 51.8 Å². The first-order valence-corrected chi connectivity index (χ1v) is 6.86. The van der Waals surface area contributed by atoms with Crippen molar-refractivity contribution >= 4 is 15.9 Å². The molecule has 1 aromatic carbocycles. The zero-order valence-electron chi connectivity index (χ0n) is 10.7. The number of nitrogens with two attached hydrogens (primary N) is 1. The summed E-state index contributed by atoms with van der Waals surface area (Å²) in [5, 5.41) is 4.17. The topological polar surface area (TPSA) is 43.8 Å². The van der Waals surface area contributed by atoms with Crippen molar-refractivity contribution < 1.29 is 0 Å². The first-order valence-electron chi connectivity index (χ1n) is 6.07. The zero-order chi connectivity index (χ0) is 13.1. The Morgan fingerprint density at radius 2 is 2.17 bits per heavy atom. The van der Waals surface area contributed by atoms with Gasteiger partial charge in [0.25, 0.3) is 0 Å². The molecule has 1 unspecified atom stereocenters. The second kappa shape index (κ2) is 5.67. The molecule has 1 heterocycles. The van der Waals surface area contributed by atoms with Crippen LogP contribution in [-0.4, -0.2) is 9.78 Å². The summed E-state index contributed by atoms with van der Waals surface area (Å²) < 4.78 is 3.02. The maximum Gasteiger partial charge on any atom is 0.0492 e. The van der Waals surface area contributed by atoms with Crippen LogP contribution < -0.4 is 5.73 Å². The van der Waals surface area contributed by atoms with Crippen molar-refractivity contribution in [2.24, 2.45) is 12.8 Å². The van der Waals surface area contributed by atoms with Crippen LogP contribution in [0.4, 0.5) is 0 Å². The van der Waals surface area contributed by atoms with E-state index in [4.69, 9.17) is 5.73 Å². The Labute approximate surface area is 116 Å². The predicted molar refractivity (Wildman–Crippen MR) is 77.3 cm³/mol. The molecule has 0 fully saturated rings. The van der Waals surface area contributed by atoms with Crippen molar-refractivity contribution in [3.8, 4) is 0 Å². The number of hydrogen-bond acceptors (Lipinski definition) is 2. The van der Waals surface area contributed by atoms with Gasteiger partial charge in [0, 0.05) is 29.5 Å². The maximum absolute atomic E-state index is 6.28. The van der Waals surface area contributed by atoms with E-state index in [-0.39, 0.29) is 6.04 Å². The van der Waals surface area contributed by atoms with Gasteiger partial charge in [-0.05, 0) is 43.0 Å². The molecule has 3 nitrogen and oxygen atoms in total. The standard InChI is InChI=1S/C14H18BrN3/c1-10-12(4-3-5-13(10)15)14(16)7-6-11-8-9-17-18(11)2/h3-5,8-9,14H,6-7,16H2,1-2H3. The molecular weight excluding hydrogens is 290 g/mol. The molecule has 96 valence electrons. The number of halogens is 1. The smallest absolute Gasteiger partial charge is 0.0492 e. The highest BCUT2D eigenvalue weighted by Gasteiger charge is 2.11. The quantitative estimate of drug-likeness (QED) is 0.943. The number of nitrogens with zero attached hydrogens (tertiary/aromatic N) is 2. The average Bonchev–Trinajstić information content (AvgIpc) is 2.75. The van der Waals surface area contributed by atoms with Crippen LogP contribution >= 0.6 is 15.9 Å². The van der Waals surface area contributed by atoms with Crippen LogP contribution in [0.2, 0.25) is 0 Å². The van der Waals surface area contributed by atoms with Gasteiger partial charge in [0.1, 0.15) is 0 Å². The Kier molecular flexibility index (Phi) is 4.19. The number of rotatable bonds is 4. The van der Waals surface area contributed by atoms with Crippen LogP contribution in [0.25, 0.3) is 0 Å². The lowest BCUT2D eigenvalue weighted by Crippen LogP contribution is -2.13. The molecule has 0 aliphatic heterocycles. The molecule has 1 atom stereocenters. The van der Waals surface area contributed by atoms with E-state index in [0.29, 0.717) is 0 Å². The molecule has 0 aliphatic rings. The largest absolute Gasteiger partial charge is 0.324 e. The van der Waals surface area contributed by atoms with Crippen molar-refractivity contribution in [3.63, 3.8) is 0 Å². The Bertz CT molecular complexity index is 534. The fraction of sp³-hybridized carbons (Fsp3) is 0.357. The molecule has 2 N–H and O–H groups in total. The second-order valence-electron chi connectivity index (χ2n) is 4.55. The van der Waals surface area contributed by atoms with E-state index in [9.17, 15) is 0 Å². The maximum atomic E-state index is 6.28. The lowest BCUT2D eigenvalue weighted by molar-refractivity contribution is 0.611. The number of aryl methyl sites for hydroxylation is 2. The Hall–Kier alpha value is -1.13. The normalized spacial score (nSPS) is 12.7. The average molecular weight is 308 g/mol. The second-order valence-corrected chi connectivity index (χ2v) is 5.40. The molecular formula is C14H18BrN3. The van der Waals surface area contributed by atoms with Crippen molar-refractivity contribution in [2.75, 3.05) is 0 Å². The van der Waals surface area contributed by atoms with Gasteiger partial charge >= 0.3 is 0 Å². The fourth-order valence-electron chi connectivity index (χ4n) is 2.13. The third-order valence-corrected chi connectivity index (χ3v) is 4.20. The number of aromatic nitrogens is 2. The molecule has 4 heteroatoms. The molecule has 0 spiro atoms. The van der Waals surface area contributed by atoms with Gasteiger partial charge in [0.15, 0.2) is 0 Å². The molecule has 0 saturated carbocycles. The van der Waals surface area contributed by atoms with E-state index < -0.39 is 0 Å². The molecule has 2 aromatic rings. The summed E-state index contributed by atoms with van der Waals surface area (Å²) in [4.78, 5) is 0. The first kappa shape index (κ1) is 13.3. The molecule has 1 aromatic heterocycles. The van der Waals surface area contributed by atoms with Crippen LogP contribution in [0.5, 0.6) is 0 Å². The molecule has 0 saturated heterocycles. The van der Waals surface area contributed by atoms with Crippen LogP contribution in [0, 0.1) is 6.92 Å². The van der Waals surface area contributed by atoms with Crippen LogP contribution in [0.1, 0.15) is 29.3 Å². The monoisotopic (exact) mass is 307 g/mol. The molecule has 0 bridgehead atoms. The minimum atomic E-state index is 0.0670. The summed E-state index contributed by atoms with van der Waals surface area (Å²) >= 11 is 3.55. The minimum Gasteiger partial charge on any atom is -0.324 e. The first-order chi connectivity index (χ1) is 8.59. The van der Waals surface area contributed by atoms with E-state index in [1.54, 1.807) is 0 Å². The van der Waals surface area contributed by atoms with Gasteiger partial charge in [0.2, 0.25) is 0 Å². The van der Waals surface area contributed by atoms with Gasteiger partial charge in [-0.25, -0.2) is 0 Å². The summed E-state index contributed by atoms with van der Waals surface area (Å²) in [6.45, 7) is 2.10. The van der Waals surface area contributed by atoms with E-state index in [2.05, 4.69) is 34.0 Å². The van der Waals surface area contributed by atoms with Crippen molar-refractivity contribution in [2.45, 2.75) is 25.8 Å². The van der Waals surface area contributed by atoms with Gasteiger partial charge in [0.05, 0.1) is 0 Å². The van der Waals surface area contributed by atoms with Gasteiger partial charge < -0.3 is 5.73 Å². The number of hydrogen-bond donors (Lipinski definition) is 1. The van der Waals surface area contributed by atoms with Crippen LogP contribution in [0.3, 0.4) is 0 Å². The summed E-state index contributed by atoms with van der Waals surface area (Å²) in [6, 6.07) is 8.30. The van der Waals surface area contributed by atoms with E-state index in [0.717, 1.165) is 17.3 Å². The highest BCUT2D eigenvalue weighted by Crippen LogP contribution is 2.25. The Balaban J connectivity index is 2.06. The molecule has 2 rings (SSSR count). The number of benzene rings is 1. The summed E-state index contributed by atoms with van der Waals surface area (Å²) in [6.07, 6.45) is 3.70. The fourth-order valence-corrected chi connectivity index (χ4v) is 2.51. The van der Waals surface area contributed by atoms with E-state index in [1.165, 1.54) is 16.8 Å². The van der Waals surface area contributed by atoms with Crippen LogP contribution in [-0.2, 0) is 13.5 Å². The molecule has 0 amide bonds. The molecule has 0 radical (unpaired) electrons. The third kappa shape index (κ3) is 2.82. The van der Waals surface area contributed by atoms with Gasteiger partial charge in [-0.15, -0.1) is 0 Å². The van der Waals surface area contributed by atoms with Gasteiger partial charge in [-0.2, -0.15) is 5.10 Å². The third-order valence-electron chi connectivity index (χ3n) is 3.34. The van der Waals surface area contributed by atoms with Gasteiger partial charge in [-0.3, -0.25) is 4.68 Å². The summed E-state index contributed by atoms with van der Waals surface area (Å²) in [5.41, 5.74) is 9.95. The SMILES string of the molecule is Cc1c(Br)cccc1C(N)CCc1ccnn1C. The zero-order valence-corrected chi connectivity index (χ0v) is 12.3.